The SMILES string of the molecule is O[CH]C1C2CC3CC(C2)CC1C3. The predicted octanol–water partition coefficient (Wildman–Crippen LogP) is 2.59. The molecule has 0 aromatic carbocycles. The molecule has 0 aliphatic heterocycles. The fraction of sp³-hybridized carbons (Fsp3) is 0.909. The molecule has 4 aliphatic carbocycles. The summed E-state index contributed by atoms with van der Waals surface area (Å²) in [6.07, 6.45) is 7.15. The lowest BCUT2D eigenvalue weighted by Crippen LogP contribution is -2.45. The van der Waals surface area contributed by atoms with Gasteiger partial charge in [0.25, 0.3) is 0 Å². The molecule has 4 rings (SSSR count). The van der Waals surface area contributed by atoms with Gasteiger partial charge in [-0.3, -0.25) is 0 Å². The molecule has 4 fully saturated rings. The van der Waals surface area contributed by atoms with Crippen LogP contribution in [0.25, 0.3) is 0 Å². The fourth-order valence-electron chi connectivity index (χ4n) is 4.21. The maximum Gasteiger partial charge on any atom is 0.0835 e. The van der Waals surface area contributed by atoms with E-state index in [1.54, 1.807) is 0 Å². The largest absolute Gasteiger partial charge is 0.390 e. The van der Waals surface area contributed by atoms with Crippen LogP contribution in [-0.4, -0.2) is 5.11 Å². The number of aliphatic hydroxyl groups excluding tert-OH is 1. The average Bonchev–Trinajstić information content (AvgIpc) is 2.02. The molecule has 0 aromatic rings. The normalized spacial score (nSPS) is 56.2. The van der Waals surface area contributed by atoms with Gasteiger partial charge in [-0.2, -0.15) is 0 Å². The highest BCUT2D eigenvalue weighted by atomic mass is 16.3. The van der Waals surface area contributed by atoms with Crippen molar-refractivity contribution in [1.82, 2.24) is 0 Å². The minimum absolute atomic E-state index is 0.567. The molecule has 0 saturated heterocycles. The third-order valence-corrected chi connectivity index (χ3v) is 4.47. The van der Waals surface area contributed by atoms with Gasteiger partial charge < -0.3 is 5.11 Å². The van der Waals surface area contributed by atoms with Gasteiger partial charge in [0.15, 0.2) is 0 Å². The van der Waals surface area contributed by atoms with Crippen molar-refractivity contribution in [3.8, 4) is 0 Å². The van der Waals surface area contributed by atoms with Gasteiger partial charge in [0.05, 0.1) is 6.61 Å². The molecule has 4 bridgehead atoms. The van der Waals surface area contributed by atoms with E-state index in [0.29, 0.717) is 5.92 Å². The van der Waals surface area contributed by atoms with E-state index < -0.39 is 0 Å². The van der Waals surface area contributed by atoms with E-state index in [9.17, 15) is 5.11 Å². The second-order valence-electron chi connectivity index (χ2n) is 5.16. The van der Waals surface area contributed by atoms with E-state index in [0.717, 1.165) is 23.7 Å². The number of hydrogen-bond acceptors (Lipinski definition) is 1. The topological polar surface area (TPSA) is 20.2 Å². The minimum atomic E-state index is 0.567. The highest BCUT2D eigenvalue weighted by molar-refractivity contribution is 4.99. The second-order valence-corrected chi connectivity index (χ2v) is 5.16. The van der Waals surface area contributed by atoms with Gasteiger partial charge in [0.2, 0.25) is 0 Å². The maximum atomic E-state index is 9.17. The summed E-state index contributed by atoms with van der Waals surface area (Å²) in [5, 5.41) is 9.17. The van der Waals surface area contributed by atoms with Gasteiger partial charge in [0.1, 0.15) is 0 Å². The van der Waals surface area contributed by atoms with Gasteiger partial charge in [0, 0.05) is 0 Å². The van der Waals surface area contributed by atoms with Crippen LogP contribution in [0.1, 0.15) is 32.1 Å². The van der Waals surface area contributed by atoms with Gasteiger partial charge in [-0.1, -0.05) is 0 Å². The third kappa shape index (κ3) is 0.891. The Kier molecular flexibility index (Phi) is 1.52. The summed E-state index contributed by atoms with van der Waals surface area (Å²) in [5.74, 6) is 4.34. The van der Waals surface area contributed by atoms with Crippen molar-refractivity contribution >= 4 is 0 Å². The van der Waals surface area contributed by atoms with Crippen LogP contribution in [0.5, 0.6) is 0 Å². The first-order valence-electron chi connectivity index (χ1n) is 5.34. The summed E-state index contributed by atoms with van der Waals surface area (Å²) >= 11 is 0. The molecule has 67 valence electrons. The highest BCUT2D eigenvalue weighted by Crippen LogP contribution is 2.56. The molecular weight excluding hydrogens is 148 g/mol. The molecule has 4 saturated carbocycles. The van der Waals surface area contributed by atoms with Crippen molar-refractivity contribution in [3.05, 3.63) is 6.61 Å². The van der Waals surface area contributed by atoms with E-state index in [4.69, 9.17) is 0 Å². The van der Waals surface area contributed by atoms with Gasteiger partial charge in [-0.05, 0) is 61.7 Å². The van der Waals surface area contributed by atoms with Gasteiger partial charge >= 0.3 is 0 Å². The Bertz CT molecular complexity index is 159. The molecule has 4 aliphatic rings. The van der Waals surface area contributed by atoms with Gasteiger partial charge in [-0.15, -0.1) is 0 Å². The van der Waals surface area contributed by atoms with Crippen molar-refractivity contribution in [2.75, 3.05) is 0 Å². The van der Waals surface area contributed by atoms with Crippen LogP contribution in [0.4, 0.5) is 0 Å². The summed E-state index contributed by atoms with van der Waals surface area (Å²) in [7, 11) is 0. The van der Waals surface area contributed by atoms with E-state index in [1.165, 1.54) is 38.7 Å². The fourth-order valence-corrected chi connectivity index (χ4v) is 4.21. The molecule has 0 aromatic heterocycles. The number of aliphatic hydroxyl groups is 1. The minimum Gasteiger partial charge on any atom is -0.390 e. The molecule has 12 heavy (non-hydrogen) atoms. The molecular formula is C11H17O. The molecule has 0 amide bonds. The Morgan fingerprint density at radius 3 is 1.75 bits per heavy atom. The molecule has 0 heterocycles. The van der Waals surface area contributed by atoms with Crippen LogP contribution in [0.3, 0.4) is 0 Å². The zero-order valence-corrected chi connectivity index (χ0v) is 7.45. The van der Waals surface area contributed by atoms with Crippen molar-refractivity contribution in [1.29, 1.82) is 0 Å². The van der Waals surface area contributed by atoms with Crippen molar-refractivity contribution in [2.24, 2.45) is 29.6 Å². The summed E-state index contributed by atoms with van der Waals surface area (Å²) in [6.45, 7) is 1.51. The average molecular weight is 165 g/mol. The van der Waals surface area contributed by atoms with Crippen molar-refractivity contribution in [2.45, 2.75) is 32.1 Å². The summed E-state index contributed by atoms with van der Waals surface area (Å²) < 4.78 is 0. The predicted molar refractivity (Wildman–Crippen MR) is 46.8 cm³/mol. The van der Waals surface area contributed by atoms with Crippen LogP contribution < -0.4 is 0 Å². The quantitative estimate of drug-likeness (QED) is 0.633. The van der Waals surface area contributed by atoms with E-state index in [1.807, 2.05) is 0 Å². The van der Waals surface area contributed by atoms with Crippen LogP contribution in [-0.2, 0) is 0 Å². The first-order chi connectivity index (χ1) is 5.86. The number of rotatable bonds is 1. The van der Waals surface area contributed by atoms with Gasteiger partial charge in [-0.25, -0.2) is 0 Å². The Morgan fingerprint density at radius 1 is 0.833 bits per heavy atom. The molecule has 1 heteroatoms. The molecule has 1 nitrogen and oxygen atoms in total. The standard InChI is InChI=1S/C11H17O/c12-6-11-9-2-7-1-8(4-9)5-10(11)3-7/h6-12H,1-5H2. The van der Waals surface area contributed by atoms with E-state index in [-0.39, 0.29) is 0 Å². The summed E-state index contributed by atoms with van der Waals surface area (Å²) in [4.78, 5) is 0. The lowest BCUT2D eigenvalue weighted by molar-refractivity contribution is -0.0383. The third-order valence-electron chi connectivity index (χ3n) is 4.47. The molecule has 1 N–H and O–H groups in total. The first kappa shape index (κ1) is 7.37. The zero-order valence-electron chi connectivity index (χ0n) is 7.45. The van der Waals surface area contributed by atoms with Crippen LogP contribution in [0, 0.1) is 36.2 Å². The summed E-state index contributed by atoms with van der Waals surface area (Å²) in [5.41, 5.74) is 0. The van der Waals surface area contributed by atoms with E-state index >= 15 is 0 Å². The zero-order chi connectivity index (χ0) is 8.13. The number of hydrogen-bond donors (Lipinski definition) is 1. The monoisotopic (exact) mass is 165 g/mol. The van der Waals surface area contributed by atoms with Crippen molar-refractivity contribution < 1.29 is 5.11 Å². The van der Waals surface area contributed by atoms with Crippen LogP contribution >= 0.6 is 0 Å². The Labute approximate surface area is 74.2 Å². The molecule has 0 unspecified atom stereocenters. The second kappa shape index (κ2) is 2.47. The molecule has 0 spiro atoms. The Hall–Kier alpha value is -0.0400. The first-order valence-corrected chi connectivity index (χ1v) is 5.34. The van der Waals surface area contributed by atoms with E-state index in [2.05, 4.69) is 0 Å². The molecule has 0 atom stereocenters. The smallest absolute Gasteiger partial charge is 0.0835 e. The Morgan fingerprint density at radius 2 is 1.33 bits per heavy atom. The van der Waals surface area contributed by atoms with Crippen LogP contribution in [0.2, 0.25) is 0 Å². The van der Waals surface area contributed by atoms with Crippen LogP contribution in [0.15, 0.2) is 0 Å². The highest BCUT2D eigenvalue weighted by Gasteiger charge is 2.47. The Balaban J connectivity index is 1.86. The van der Waals surface area contributed by atoms with Crippen molar-refractivity contribution in [3.63, 3.8) is 0 Å². The molecule has 1 radical (unpaired) electrons. The summed E-state index contributed by atoms with van der Waals surface area (Å²) in [6, 6.07) is 0. The lowest BCUT2D eigenvalue weighted by atomic mass is 9.52. The lowest BCUT2D eigenvalue weighted by Gasteiger charge is -2.53. The maximum absolute atomic E-state index is 9.17.